The molecule has 0 atom stereocenters. The van der Waals surface area contributed by atoms with Crippen LogP contribution < -0.4 is 15.9 Å². The van der Waals surface area contributed by atoms with E-state index >= 15 is 0 Å². The Morgan fingerprint density at radius 1 is 0.857 bits per heavy atom. The van der Waals surface area contributed by atoms with Crippen molar-refractivity contribution in [3.05, 3.63) is 93.4 Å². The molecule has 5 rings (SSSR count). The number of carbonyl (C=O) groups excluding carboxylic acids is 3. The van der Waals surface area contributed by atoms with Crippen molar-refractivity contribution in [2.75, 3.05) is 10.2 Å². The quantitative estimate of drug-likeness (QED) is 0.409. The summed E-state index contributed by atoms with van der Waals surface area (Å²) in [5, 5.41) is 2.92. The van der Waals surface area contributed by atoms with E-state index in [2.05, 4.69) is 5.32 Å². The number of para-hydroxylation sites is 2. The molecule has 176 valence electrons. The molecule has 3 amide bonds. The lowest BCUT2D eigenvalue weighted by molar-refractivity contribution is -0.116. The van der Waals surface area contributed by atoms with Gasteiger partial charge in [0.25, 0.3) is 11.8 Å². The molecule has 2 heterocycles. The van der Waals surface area contributed by atoms with Gasteiger partial charge in [0.05, 0.1) is 32.9 Å². The Morgan fingerprint density at radius 3 is 2.06 bits per heavy atom. The Hall–Kier alpha value is -4.17. The Labute approximate surface area is 205 Å². The van der Waals surface area contributed by atoms with Crippen LogP contribution in [0.25, 0.3) is 11.0 Å². The highest BCUT2D eigenvalue weighted by Crippen LogP contribution is 2.34. The summed E-state index contributed by atoms with van der Waals surface area (Å²) < 4.78 is 3.27. The average molecular weight is 489 g/mol. The third-order valence-corrected chi connectivity index (χ3v) is 6.37. The minimum Gasteiger partial charge on any atom is -0.326 e. The number of rotatable bonds is 6. The van der Waals surface area contributed by atoms with Crippen molar-refractivity contribution < 1.29 is 14.4 Å². The number of imide groups is 1. The second-order valence-electron chi connectivity index (χ2n) is 8.12. The number of amides is 3. The Kier molecular flexibility index (Phi) is 5.74. The lowest BCUT2D eigenvalue weighted by atomic mass is 10.1. The second-order valence-corrected chi connectivity index (χ2v) is 8.53. The zero-order valence-electron chi connectivity index (χ0n) is 18.8. The largest absolute Gasteiger partial charge is 0.329 e. The molecule has 9 heteroatoms. The molecule has 0 radical (unpaired) electrons. The summed E-state index contributed by atoms with van der Waals surface area (Å²) in [6.07, 6.45) is 0.0788. The van der Waals surface area contributed by atoms with Crippen LogP contribution in [-0.4, -0.2) is 26.9 Å². The van der Waals surface area contributed by atoms with E-state index in [1.54, 1.807) is 39.5 Å². The molecule has 0 bridgehead atoms. The molecule has 1 N–H and O–H groups in total. The molecule has 1 aromatic heterocycles. The first kappa shape index (κ1) is 22.6. The number of hydrogen-bond donors (Lipinski definition) is 1. The summed E-state index contributed by atoms with van der Waals surface area (Å²) in [4.78, 5) is 51.9. The molecular weight excluding hydrogens is 468 g/mol. The van der Waals surface area contributed by atoms with Crippen LogP contribution in [0.5, 0.6) is 0 Å². The van der Waals surface area contributed by atoms with Gasteiger partial charge in [0.2, 0.25) is 5.91 Å². The predicted molar refractivity (Wildman–Crippen MR) is 134 cm³/mol. The number of hydrogen-bond acceptors (Lipinski definition) is 4. The number of nitrogens with one attached hydrogen (secondary N) is 1. The number of imidazole rings is 1. The van der Waals surface area contributed by atoms with Gasteiger partial charge in [-0.3, -0.25) is 23.5 Å². The third kappa shape index (κ3) is 3.81. The normalized spacial score (nSPS) is 12.9. The van der Waals surface area contributed by atoms with Gasteiger partial charge >= 0.3 is 5.69 Å². The first-order chi connectivity index (χ1) is 16.9. The first-order valence-electron chi connectivity index (χ1n) is 11.2. The molecule has 35 heavy (non-hydrogen) atoms. The van der Waals surface area contributed by atoms with Crippen LogP contribution in [-0.2, 0) is 17.9 Å². The fourth-order valence-corrected chi connectivity index (χ4v) is 4.67. The summed E-state index contributed by atoms with van der Waals surface area (Å²) in [5.74, 6) is -1.18. The van der Waals surface area contributed by atoms with Crippen molar-refractivity contribution in [2.24, 2.45) is 0 Å². The minimum atomic E-state index is -0.444. The molecule has 4 aromatic rings. The lowest BCUT2D eigenvalue weighted by Gasteiger charge is -2.16. The number of aryl methyl sites for hydroxylation is 2. The van der Waals surface area contributed by atoms with E-state index in [9.17, 15) is 19.2 Å². The van der Waals surface area contributed by atoms with Gasteiger partial charge in [0.15, 0.2) is 0 Å². The Balaban J connectivity index is 1.31. The van der Waals surface area contributed by atoms with Crippen LogP contribution >= 0.6 is 11.6 Å². The smallest absolute Gasteiger partial charge is 0.326 e. The molecule has 0 spiro atoms. The third-order valence-electron chi connectivity index (χ3n) is 6.07. The van der Waals surface area contributed by atoms with Crippen LogP contribution in [0.2, 0.25) is 5.02 Å². The fourth-order valence-electron chi connectivity index (χ4n) is 4.41. The highest BCUT2D eigenvalue weighted by Gasteiger charge is 2.37. The van der Waals surface area contributed by atoms with Gasteiger partial charge in [-0.15, -0.1) is 0 Å². The molecule has 1 aliphatic heterocycles. The first-order valence-corrected chi connectivity index (χ1v) is 11.5. The summed E-state index contributed by atoms with van der Waals surface area (Å²) in [6.45, 7) is 2.66. The molecule has 0 saturated carbocycles. The maximum atomic E-state index is 12.8. The van der Waals surface area contributed by atoms with Gasteiger partial charge < -0.3 is 5.32 Å². The van der Waals surface area contributed by atoms with Crippen molar-refractivity contribution >= 4 is 51.7 Å². The van der Waals surface area contributed by atoms with Gasteiger partial charge in [-0.05, 0) is 49.4 Å². The summed E-state index contributed by atoms with van der Waals surface area (Å²) >= 11 is 6.40. The highest BCUT2D eigenvalue weighted by molar-refractivity contribution is 6.40. The van der Waals surface area contributed by atoms with Crippen LogP contribution in [0.4, 0.5) is 11.4 Å². The van der Waals surface area contributed by atoms with E-state index in [0.29, 0.717) is 23.4 Å². The standard InChI is InChI=1S/C26H21ClN4O4/c1-2-29-21-9-5-6-10-22(21)30(26(29)35)14-13-23(32)28-16-11-12-20(19(27)15-16)31-24(33)17-7-3-4-8-18(17)25(31)34/h3-12,15H,2,13-14H2,1H3,(H,28,32). The molecule has 0 aliphatic carbocycles. The van der Waals surface area contributed by atoms with Crippen molar-refractivity contribution in [3.63, 3.8) is 0 Å². The number of benzene rings is 3. The van der Waals surface area contributed by atoms with E-state index < -0.39 is 11.8 Å². The maximum absolute atomic E-state index is 12.8. The van der Waals surface area contributed by atoms with E-state index in [-0.39, 0.29) is 35.3 Å². The second kappa shape index (κ2) is 8.88. The number of aromatic nitrogens is 2. The molecule has 0 unspecified atom stereocenters. The number of anilines is 2. The van der Waals surface area contributed by atoms with Gasteiger partial charge in [-0.25, -0.2) is 9.69 Å². The van der Waals surface area contributed by atoms with Gasteiger partial charge in [-0.1, -0.05) is 35.9 Å². The number of carbonyl (C=O) groups is 3. The number of fused-ring (bicyclic) bond motifs is 2. The topological polar surface area (TPSA) is 93.4 Å². The van der Waals surface area contributed by atoms with Crippen molar-refractivity contribution in [3.8, 4) is 0 Å². The van der Waals surface area contributed by atoms with Crippen molar-refractivity contribution in [1.82, 2.24) is 9.13 Å². The SMILES string of the molecule is CCn1c(=O)n(CCC(=O)Nc2ccc(N3C(=O)c4ccccc4C3=O)c(Cl)c2)c2ccccc21. The minimum absolute atomic E-state index is 0.0788. The Morgan fingerprint density at radius 2 is 1.46 bits per heavy atom. The summed E-state index contributed by atoms with van der Waals surface area (Å²) in [6, 6.07) is 18.7. The van der Waals surface area contributed by atoms with E-state index in [4.69, 9.17) is 11.6 Å². The average Bonchev–Trinajstić information content (AvgIpc) is 3.27. The lowest BCUT2D eigenvalue weighted by Crippen LogP contribution is -2.29. The fraction of sp³-hybridized carbons (Fsp3) is 0.154. The maximum Gasteiger partial charge on any atom is 0.329 e. The molecule has 8 nitrogen and oxygen atoms in total. The van der Waals surface area contributed by atoms with E-state index in [0.717, 1.165) is 15.9 Å². The molecular formula is C26H21ClN4O4. The van der Waals surface area contributed by atoms with E-state index in [1.807, 2.05) is 31.2 Å². The zero-order valence-corrected chi connectivity index (χ0v) is 19.6. The van der Waals surface area contributed by atoms with Gasteiger partial charge in [0.1, 0.15) is 0 Å². The highest BCUT2D eigenvalue weighted by atomic mass is 35.5. The van der Waals surface area contributed by atoms with Crippen LogP contribution in [0, 0.1) is 0 Å². The monoisotopic (exact) mass is 488 g/mol. The van der Waals surface area contributed by atoms with Crippen LogP contribution in [0.1, 0.15) is 34.1 Å². The van der Waals surface area contributed by atoms with Crippen molar-refractivity contribution in [2.45, 2.75) is 26.4 Å². The zero-order chi connectivity index (χ0) is 24.7. The van der Waals surface area contributed by atoms with Crippen LogP contribution in [0.3, 0.4) is 0 Å². The molecule has 0 saturated heterocycles. The van der Waals surface area contributed by atoms with Crippen molar-refractivity contribution in [1.29, 1.82) is 0 Å². The number of nitrogens with zero attached hydrogens (tertiary/aromatic N) is 3. The van der Waals surface area contributed by atoms with Crippen LogP contribution in [0.15, 0.2) is 71.5 Å². The Bertz CT molecular complexity index is 1530. The summed E-state index contributed by atoms with van der Waals surface area (Å²) in [7, 11) is 0. The van der Waals surface area contributed by atoms with E-state index in [1.165, 1.54) is 12.1 Å². The van der Waals surface area contributed by atoms with Gasteiger partial charge in [0, 0.05) is 25.2 Å². The molecule has 1 aliphatic rings. The van der Waals surface area contributed by atoms with Gasteiger partial charge in [-0.2, -0.15) is 0 Å². The predicted octanol–water partition coefficient (Wildman–Crippen LogP) is 4.31. The molecule has 0 fully saturated rings. The molecule has 3 aromatic carbocycles. The number of halogens is 1. The summed E-state index contributed by atoms with van der Waals surface area (Å²) in [5.41, 5.74) is 2.76.